The Hall–Kier alpha value is -1.61. The van der Waals surface area contributed by atoms with E-state index in [0.29, 0.717) is 13.2 Å². The van der Waals surface area contributed by atoms with Gasteiger partial charge in [-0.25, -0.2) is 4.79 Å². The third kappa shape index (κ3) is 4.70. The summed E-state index contributed by atoms with van der Waals surface area (Å²) in [5.74, 6) is -1.09. The van der Waals surface area contributed by atoms with E-state index >= 15 is 0 Å². The summed E-state index contributed by atoms with van der Waals surface area (Å²) >= 11 is 0. The van der Waals surface area contributed by atoms with Crippen LogP contribution in [0.1, 0.15) is 17.2 Å². The van der Waals surface area contributed by atoms with E-state index in [9.17, 15) is 4.79 Å². The van der Waals surface area contributed by atoms with E-state index < -0.39 is 12.3 Å². The molecule has 0 saturated carbocycles. The van der Waals surface area contributed by atoms with Crippen LogP contribution in [0, 0.1) is 0 Å². The molecule has 0 radical (unpaired) electrons. The van der Waals surface area contributed by atoms with Gasteiger partial charge in [-0.05, 0) is 11.1 Å². The Labute approximate surface area is 153 Å². The molecule has 0 bridgehead atoms. The molecule has 0 atom stereocenters. The van der Waals surface area contributed by atoms with Gasteiger partial charge in [0.05, 0.1) is 25.3 Å². The molecule has 6 heteroatoms. The van der Waals surface area contributed by atoms with Crippen molar-refractivity contribution in [2.45, 2.75) is 18.4 Å². The summed E-state index contributed by atoms with van der Waals surface area (Å²) in [6, 6.07) is 20.2. The van der Waals surface area contributed by atoms with Gasteiger partial charge in [0, 0.05) is 0 Å². The first-order valence-electron chi connectivity index (χ1n) is 7.56. The number of carboxylic acid groups (broad SMARTS) is 1. The van der Waals surface area contributed by atoms with Crippen molar-refractivity contribution >= 4 is 24.8 Å². The van der Waals surface area contributed by atoms with Gasteiger partial charge < -0.3 is 14.6 Å². The number of carbonyl (C=O) groups is 1. The molecule has 122 valence electrons. The summed E-state index contributed by atoms with van der Waals surface area (Å²) in [6.07, 6.45) is -1.17. The van der Waals surface area contributed by atoms with Gasteiger partial charge >= 0.3 is 24.8 Å². The van der Waals surface area contributed by atoms with Crippen LogP contribution in [-0.2, 0) is 14.3 Å². The first-order chi connectivity index (χ1) is 11.2. The van der Waals surface area contributed by atoms with Gasteiger partial charge in [-0.2, -0.15) is 0 Å². The van der Waals surface area contributed by atoms with Gasteiger partial charge in [-0.15, -0.1) is 0 Å². The first kappa shape index (κ1) is 18.7. The van der Waals surface area contributed by atoms with Crippen LogP contribution >= 0.6 is 0 Å². The molecule has 0 aromatic heterocycles. The van der Waals surface area contributed by atoms with Crippen LogP contribution in [0.5, 0.6) is 0 Å². The van der Waals surface area contributed by atoms with Gasteiger partial charge in [0.1, 0.15) is 0 Å². The summed E-state index contributed by atoms with van der Waals surface area (Å²) < 4.78 is 10.5. The first-order valence-corrected chi connectivity index (χ1v) is 7.56. The van der Waals surface area contributed by atoms with Crippen molar-refractivity contribution in [1.29, 1.82) is 0 Å². The molecule has 1 aliphatic heterocycles. The fourth-order valence-corrected chi connectivity index (χ4v) is 2.65. The molecular weight excluding hydrogens is 301 g/mol. The molecule has 2 aromatic rings. The molecule has 24 heavy (non-hydrogen) atoms. The molecule has 1 aliphatic rings. The molecule has 2 aromatic carbocycles. The van der Waals surface area contributed by atoms with Gasteiger partial charge in [0.25, 0.3) is 6.29 Å². The van der Waals surface area contributed by atoms with Crippen molar-refractivity contribution in [2.75, 3.05) is 13.2 Å². The maximum absolute atomic E-state index is 10.9. The van der Waals surface area contributed by atoms with E-state index in [4.69, 9.17) is 14.6 Å². The predicted octanol–water partition coefficient (Wildman–Crippen LogP) is 1.54. The number of carboxylic acids is 1. The van der Waals surface area contributed by atoms with Crippen LogP contribution in [0.15, 0.2) is 60.7 Å². The van der Waals surface area contributed by atoms with Crippen LogP contribution in [0.2, 0.25) is 0 Å². The van der Waals surface area contributed by atoms with Crippen LogP contribution in [0.3, 0.4) is 0 Å². The number of aliphatic carboxylic acids is 1. The normalized spacial score (nSPS) is 20.4. The Morgan fingerprint density at radius 1 is 0.958 bits per heavy atom. The van der Waals surface area contributed by atoms with Gasteiger partial charge in [0.2, 0.25) is 0 Å². The summed E-state index contributed by atoms with van der Waals surface area (Å²) in [5.41, 5.74) is 2.28. The molecule has 1 saturated heterocycles. The average Bonchev–Trinajstić information content (AvgIpc) is 2.61. The van der Waals surface area contributed by atoms with E-state index in [2.05, 4.69) is 29.6 Å². The van der Waals surface area contributed by atoms with Crippen LogP contribution in [-0.4, -0.2) is 55.5 Å². The molecule has 5 nitrogen and oxygen atoms in total. The molecule has 0 unspecified atom stereocenters. The number of hydrogen-bond donors (Lipinski definition) is 2. The van der Waals surface area contributed by atoms with E-state index in [1.54, 1.807) is 0 Å². The Bertz CT molecular complexity index is 590. The molecule has 0 amide bonds. The molecule has 1 heterocycles. The van der Waals surface area contributed by atoms with Crippen LogP contribution in [0.4, 0.5) is 0 Å². The second kappa shape index (κ2) is 9.02. The number of ether oxygens (including phenoxy) is 2. The zero-order chi connectivity index (χ0) is 16.1. The fourth-order valence-electron chi connectivity index (χ4n) is 2.65. The van der Waals surface area contributed by atoms with Crippen molar-refractivity contribution in [2.24, 2.45) is 0 Å². The minimum absolute atomic E-state index is 0. The number of nitrogens with one attached hydrogen (secondary N) is 1. The van der Waals surface area contributed by atoms with Gasteiger partial charge in [0.15, 0.2) is 0 Å². The summed E-state index contributed by atoms with van der Waals surface area (Å²) in [5, 5.41) is 12.4. The number of benzene rings is 2. The zero-order valence-corrected chi connectivity index (χ0v) is 12.6. The van der Waals surface area contributed by atoms with Crippen LogP contribution in [0.25, 0.3) is 0 Å². The quantitative estimate of drug-likeness (QED) is 0.818. The maximum atomic E-state index is 10.9. The molecule has 0 spiro atoms. The Morgan fingerprint density at radius 3 is 1.83 bits per heavy atom. The van der Waals surface area contributed by atoms with Crippen molar-refractivity contribution in [3.05, 3.63) is 71.8 Å². The summed E-state index contributed by atoms with van der Waals surface area (Å²) in [7, 11) is 0. The topological polar surface area (TPSA) is 67.8 Å². The molecule has 1 fully saturated rings. The minimum atomic E-state index is -1.17. The summed E-state index contributed by atoms with van der Waals surface area (Å²) in [4.78, 5) is 10.9. The average molecular weight is 321 g/mol. The SMILES string of the molecule is O=C(O)C1OCC(NC(c2ccccc2)c2ccccc2)CO1.[LiH]. The standard InChI is InChI=1S/C18H19NO4.Li.H/c20-17(21)18-22-11-15(12-23-18)19-16(13-7-3-1-4-8-13)14-9-5-2-6-10-14;;/h1-10,15-16,18-19H,11-12H2,(H,20,21);;. The van der Waals surface area contributed by atoms with Gasteiger partial charge in [-0.3, -0.25) is 5.32 Å². The second-order valence-corrected chi connectivity index (χ2v) is 5.45. The predicted molar refractivity (Wildman–Crippen MR) is 92.1 cm³/mol. The van der Waals surface area contributed by atoms with Gasteiger partial charge in [-0.1, -0.05) is 60.7 Å². The monoisotopic (exact) mass is 321 g/mol. The summed E-state index contributed by atoms with van der Waals surface area (Å²) in [6.45, 7) is 0.597. The third-order valence-electron chi connectivity index (χ3n) is 3.77. The fraction of sp³-hybridized carbons (Fsp3) is 0.278. The Kier molecular flexibility index (Phi) is 7.04. The van der Waals surface area contributed by atoms with Crippen molar-refractivity contribution in [3.8, 4) is 0 Å². The van der Waals surface area contributed by atoms with Crippen molar-refractivity contribution in [1.82, 2.24) is 5.32 Å². The van der Waals surface area contributed by atoms with E-state index in [1.807, 2.05) is 36.4 Å². The Balaban J connectivity index is 0.00000208. The second-order valence-electron chi connectivity index (χ2n) is 5.45. The zero-order valence-electron chi connectivity index (χ0n) is 12.6. The van der Waals surface area contributed by atoms with Crippen molar-refractivity contribution in [3.63, 3.8) is 0 Å². The molecular formula is C18H20LiNO4. The van der Waals surface area contributed by atoms with E-state index in [1.165, 1.54) is 0 Å². The number of hydrogen-bond acceptors (Lipinski definition) is 4. The van der Waals surface area contributed by atoms with E-state index in [0.717, 1.165) is 11.1 Å². The molecule has 0 aliphatic carbocycles. The molecule has 2 N–H and O–H groups in total. The van der Waals surface area contributed by atoms with Crippen LogP contribution < -0.4 is 5.32 Å². The Morgan fingerprint density at radius 2 is 1.42 bits per heavy atom. The number of rotatable bonds is 5. The third-order valence-corrected chi connectivity index (χ3v) is 3.77. The van der Waals surface area contributed by atoms with E-state index in [-0.39, 0.29) is 30.9 Å². The molecule has 3 rings (SSSR count). The van der Waals surface area contributed by atoms with Crippen molar-refractivity contribution < 1.29 is 19.4 Å².